The van der Waals surface area contributed by atoms with E-state index in [1.807, 2.05) is 6.92 Å². The number of hydrogen-bond donors (Lipinski definition) is 2. The highest BCUT2D eigenvalue weighted by Crippen LogP contribution is 2.23. The molecule has 0 aromatic rings. The minimum absolute atomic E-state index is 0.0159. The minimum Gasteiger partial charge on any atom is -0.481 e. The highest BCUT2D eigenvalue weighted by Gasteiger charge is 2.34. The van der Waals surface area contributed by atoms with Crippen molar-refractivity contribution in [3.05, 3.63) is 0 Å². The zero-order valence-corrected chi connectivity index (χ0v) is 10.7. The molecule has 5 nitrogen and oxygen atoms in total. The van der Waals surface area contributed by atoms with Crippen LogP contribution in [0.5, 0.6) is 0 Å². The third kappa shape index (κ3) is 4.00. The number of aliphatic carboxylic acids is 1. The van der Waals surface area contributed by atoms with Gasteiger partial charge < -0.3 is 15.2 Å². The molecule has 0 aromatic carbocycles. The first-order chi connectivity index (χ1) is 7.75. The van der Waals surface area contributed by atoms with E-state index in [1.165, 1.54) is 0 Å². The molecule has 2 N–H and O–H groups in total. The summed E-state index contributed by atoms with van der Waals surface area (Å²) in [6.45, 7) is 6.25. The summed E-state index contributed by atoms with van der Waals surface area (Å²) < 4.78 is 5.33. The molecule has 98 valence electrons. The molecule has 1 amide bonds. The summed E-state index contributed by atoms with van der Waals surface area (Å²) in [5.41, 5.74) is -1.39. The molecule has 0 aliphatic carbocycles. The smallest absolute Gasteiger partial charge is 0.309 e. The topological polar surface area (TPSA) is 75.6 Å². The summed E-state index contributed by atoms with van der Waals surface area (Å²) in [6, 6.07) is 0. The van der Waals surface area contributed by atoms with Crippen molar-refractivity contribution >= 4 is 11.9 Å². The molecule has 0 saturated carbocycles. The highest BCUT2D eigenvalue weighted by molar-refractivity contribution is 5.84. The van der Waals surface area contributed by atoms with Gasteiger partial charge in [-0.05, 0) is 33.6 Å². The van der Waals surface area contributed by atoms with Crippen molar-refractivity contribution in [1.82, 2.24) is 5.32 Å². The Bertz CT molecular complexity index is 306. The molecule has 0 aromatic heterocycles. The summed E-state index contributed by atoms with van der Waals surface area (Å²) in [7, 11) is 0. The van der Waals surface area contributed by atoms with Gasteiger partial charge in [-0.2, -0.15) is 0 Å². The van der Waals surface area contributed by atoms with Gasteiger partial charge >= 0.3 is 5.97 Å². The summed E-state index contributed by atoms with van der Waals surface area (Å²) >= 11 is 0. The summed E-state index contributed by atoms with van der Waals surface area (Å²) in [5, 5.41) is 11.8. The molecule has 17 heavy (non-hydrogen) atoms. The number of hydrogen-bond acceptors (Lipinski definition) is 3. The maximum Gasteiger partial charge on any atom is 0.309 e. The SMILES string of the molecule is CC1(NC(=O)CC(C)(C)C(=O)O)CCCOC1. The normalized spacial score (nSPS) is 25.4. The van der Waals surface area contributed by atoms with E-state index < -0.39 is 11.4 Å². The Morgan fingerprint density at radius 2 is 2.12 bits per heavy atom. The van der Waals surface area contributed by atoms with E-state index in [1.54, 1.807) is 13.8 Å². The number of ether oxygens (including phenoxy) is 1. The minimum atomic E-state index is -1.03. The second kappa shape index (κ2) is 5.04. The molecule has 1 saturated heterocycles. The predicted molar refractivity (Wildman–Crippen MR) is 62.6 cm³/mol. The van der Waals surface area contributed by atoms with Gasteiger partial charge in [0.25, 0.3) is 0 Å². The monoisotopic (exact) mass is 243 g/mol. The zero-order valence-electron chi connectivity index (χ0n) is 10.7. The van der Waals surface area contributed by atoms with Gasteiger partial charge in [-0.3, -0.25) is 9.59 Å². The highest BCUT2D eigenvalue weighted by atomic mass is 16.5. The molecule has 1 unspecified atom stereocenters. The van der Waals surface area contributed by atoms with E-state index in [9.17, 15) is 9.59 Å². The number of nitrogens with one attached hydrogen (secondary N) is 1. The molecule has 1 rings (SSSR count). The molecular weight excluding hydrogens is 222 g/mol. The third-order valence-electron chi connectivity index (χ3n) is 3.06. The van der Waals surface area contributed by atoms with Gasteiger partial charge in [-0.25, -0.2) is 0 Å². The second-order valence-electron chi connectivity index (χ2n) is 5.63. The fraction of sp³-hybridized carbons (Fsp3) is 0.833. The van der Waals surface area contributed by atoms with Crippen LogP contribution in [0.15, 0.2) is 0 Å². The fourth-order valence-electron chi connectivity index (χ4n) is 1.89. The maximum atomic E-state index is 11.8. The van der Waals surface area contributed by atoms with Gasteiger partial charge in [0.2, 0.25) is 5.91 Å². The van der Waals surface area contributed by atoms with Gasteiger partial charge in [0.15, 0.2) is 0 Å². The number of carbonyl (C=O) groups excluding carboxylic acids is 1. The number of carbonyl (C=O) groups is 2. The van der Waals surface area contributed by atoms with Crippen molar-refractivity contribution in [2.24, 2.45) is 5.41 Å². The van der Waals surface area contributed by atoms with Gasteiger partial charge in [0, 0.05) is 13.0 Å². The van der Waals surface area contributed by atoms with Gasteiger partial charge in [0.05, 0.1) is 17.6 Å². The molecule has 1 heterocycles. The summed E-state index contributed by atoms with van der Waals surface area (Å²) in [4.78, 5) is 22.7. The molecule has 1 aliphatic heterocycles. The lowest BCUT2D eigenvalue weighted by atomic mass is 9.88. The van der Waals surface area contributed by atoms with Crippen LogP contribution in [0.25, 0.3) is 0 Å². The number of amides is 1. The standard InChI is InChI=1S/C12H21NO4/c1-11(2,10(15)16)7-9(14)13-12(3)5-4-6-17-8-12/h4-8H2,1-3H3,(H,13,14)(H,15,16). The number of carboxylic acids is 1. The average molecular weight is 243 g/mol. The first-order valence-electron chi connectivity index (χ1n) is 5.87. The van der Waals surface area contributed by atoms with Crippen LogP contribution >= 0.6 is 0 Å². The van der Waals surface area contributed by atoms with Gasteiger partial charge in [0.1, 0.15) is 0 Å². The number of rotatable bonds is 4. The Morgan fingerprint density at radius 1 is 1.47 bits per heavy atom. The summed E-state index contributed by atoms with van der Waals surface area (Å²) in [5.74, 6) is -1.19. The Morgan fingerprint density at radius 3 is 2.59 bits per heavy atom. The molecule has 0 radical (unpaired) electrons. The average Bonchev–Trinajstić information content (AvgIpc) is 2.16. The quantitative estimate of drug-likeness (QED) is 0.777. The molecule has 5 heteroatoms. The zero-order chi connectivity index (χ0) is 13.1. The van der Waals surface area contributed by atoms with Gasteiger partial charge in [-0.1, -0.05) is 0 Å². The predicted octanol–water partition coefficient (Wildman–Crippen LogP) is 1.17. The first-order valence-corrected chi connectivity index (χ1v) is 5.87. The van der Waals surface area contributed by atoms with Crippen LogP contribution in [0.1, 0.15) is 40.0 Å². The van der Waals surface area contributed by atoms with E-state index in [4.69, 9.17) is 9.84 Å². The lowest BCUT2D eigenvalue weighted by Crippen LogP contribution is -2.52. The van der Waals surface area contributed by atoms with E-state index in [2.05, 4.69) is 5.32 Å². The van der Waals surface area contributed by atoms with Crippen LogP contribution in [0.4, 0.5) is 0 Å². The molecular formula is C12H21NO4. The van der Waals surface area contributed by atoms with Crippen LogP contribution in [0, 0.1) is 5.41 Å². The van der Waals surface area contributed by atoms with Crippen molar-refractivity contribution in [2.45, 2.75) is 45.6 Å². The molecule has 0 bridgehead atoms. The van der Waals surface area contributed by atoms with Crippen LogP contribution < -0.4 is 5.32 Å². The maximum absolute atomic E-state index is 11.8. The Hall–Kier alpha value is -1.10. The lowest BCUT2D eigenvalue weighted by Gasteiger charge is -2.35. The van der Waals surface area contributed by atoms with E-state index in [-0.39, 0.29) is 17.9 Å². The van der Waals surface area contributed by atoms with Gasteiger partial charge in [-0.15, -0.1) is 0 Å². The van der Waals surface area contributed by atoms with Crippen molar-refractivity contribution in [2.75, 3.05) is 13.2 Å². The molecule has 1 fully saturated rings. The molecule has 1 aliphatic rings. The van der Waals surface area contributed by atoms with Crippen molar-refractivity contribution in [1.29, 1.82) is 0 Å². The second-order valence-corrected chi connectivity index (χ2v) is 5.63. The largest absolute Gasteiger partial charge is 0.481 e. The Labute approximate surface area is 102 Å². The summed E-state index contributed by atoms with van der Waals surface area (Å²) in [6.07, 6.45) is 1.77. The van der Waals surface area contributed by atoms with E-state index in [0.717, 1.165) is 19.4 Å². The van der Waals surface area contributed by atoms with Crippen molar-refractivity contribution in [3.8, 4) is 0 Å². The van der Waals surface area contributed by atoms with Crippen LogP contribution in [0.3, 0.4) is 0 Å². The van der Waals surface area contributed by atoms with Crippen LogP contribution in [-0.2, 0) is 14.3 Å². The third-order valence-corrected chi connectivity index (χ3v) is 3.06. The Kier molecular flexibility index (Phi) is 4.14. The van der Waals surface area contributed by atoms with Crippen molar-refractivity contribution in [3.63, 3.8) is 0 Å². The Balaban J connectivity index is 2.52. The molecule has 1 atom stereocenters. The van der Waals surface area contributed by atoms with Crippen molar-refractivity contribution < 1.29 is 19.4 Å². The van der Waals surface area contributed by atoms with Crippen LogP contribution in [-0.4, -0.2) is 35.7 Å². The number of carboxylic acid groups (broad SMARTS) is 1. The van der Waals surface area contributed by atoms with Crippen LogP contribution in [0.2, 0.25) is 0 Å². The fourth-order valence-corrected chi connectivity index (χ4v) is 1.89. The lowest BCUT2D eigenvalue weighted by molar-refractivity contribution is -0.150. The first kappa shape index (κ1) is 14.0. The van der Waals surface area contributed by atoms with E-state index in [0.29, 0.717) is 6.61 Å². The molecule has 0 spiro atoms. The van der Waals surface area contributed by atoms with E-state index >= 15 is 0 Å².